The number of esters is 1. The first kappa shape index (κ1) is 13.2. The highest BCUT2D eigenvalue weighted by molar-refractivity contribution is 6.05. The van der Waals surface area contributed by atoms with E-state index < -0.39 is 23.2 Å². The van der Waals surface area contributed by atoms with Crippen LogP contribution in [0.5, 0.6) is 0 Å². The lowest BCUT2D eigenvalue weighted by atomic mass is 10.1. The van der Waals surface area contributed by atoms with E-state index in [0.717, 1.165) is 12.1 Å². The van der Waals surface area contributed by atoms with E-state index in [9.17, 15) is 18.4 Å². The van der Waals surface area contributed by atoms with Crippen LogP contribution in [0.1, 0.15) is 27.2 Å². The summed E-state index contributed by atoms with van der Waals surface area (Å²) < 4.78 is 31.1. The van der Waals surface area contributed by atoms with Gasteiger partial charge in [-0.3, -0.25) is 4.79 Å². The average Bonchev–Trinajstić information content (AvgIpc) is 2.70. The summed E-state index contributed by atoms with van der Waals surface area (Å²) >= 11 is 0. The van der Waals surface area contributed by atoms with Crippen LogP contribution in [-0.4, -0.2) is 11.0 Å². The van der Waals surface area contributed by atoms with Crippen LogP contribution >= 0.6 is 0 Å². The molecule has 0 fully saturated rings. The van der Waals surface area contributed by atoms with Gasteiger partial charge in [-0.2, -0.15) is 0 Å². The Kier molecular flexibility index (Phi) is 2.94. The third-order valence-corrected chi connectivity index (χ3v) is 3.08. The molecule has 1 aliphatic rings. The van der Waals surface area contributed by atoms with Crippen molar-refractivity contribution in [2.45, 2.75) is 6.92 Å². The number of fused-ring (bicyclic) bond motifs is 1. The number of pyridine rings is 1. The van der Waals surface area contributed by atoms with Crippen LogP contribution in [0.3, 0.4) is 0 Å². The van der Waals surface area contributed by atoms with Gasteiger partial charge in [0.05, 0.1) is 0 Å². The molecule has 1 aliphatic heterocycles. The molecule has 0 spiro atoms. The molecule has 0 radical (unpaired) electrons. The molecule has 0 atom stereocenters. The molecule has 0 saturated heterocycles. The summed E-state index contributed by atoms with van der Waals surface area (Å²) in [7, 11) is 0. The first-order valence-electron chi connectivity index (χ1n) is 6.09. The molecule has 106 valence electrons. The SMILES string of the molecule is Cc1cc2c(c(=O)[nH]1)C(=O)O/C2=C\c1ccc(F)c(F)c1. The van der Waals surface area contributed by atoms with Gasteiger partial charge in [-0.1, -0.05) is 6.07 Å². The maximum absolute atomic E-state index is 13.2. The van der Waals surface area contributed by atoms with Crippen LogP contribution < -0.4 is 5.56 Å². The Balaban J connectivity index is 2.14. The number of ether oxygens (including phenoxy) is 1. The van der Waals surface area contributed by atoms with Gasteiger partial charge < -0.3 is 9.72 Å². The molecule has 4 nitrogen and oxygen atoms in total. The fourth-order valence-electron chi connectivity index (χ4n) is 2.15. The van der Waals surface area contributed by atoms with Gasteiger partial charge in [-0.05, 0) is 36.8 Å². The number of nitrogens with one attached hydrogen (secondary N) is 1. The Morgan fingerprint density at radius 3 is 2.62 bits per heavy atom. The largest absolute Gasteiger partial charge is 0.422 e. The molecule has 0 saturated carbocycles. The molecule has 1 aromatic carbocycles. The Labute approximate surface area is 117 Å². The molecule has 21 heavy (non-hydrogen) atoms. The highest BCUT2D eigenvalue weighted by atomic mass is 19.2. The summed E-state index contributed by atoms with van der Waals surface area (Å²) in [5, 5.41) is 0. The maximum Gasteiger partial charge on any atom is 0.349 e. The van der Waals surface area contributed by atoms with Crippen LogP contribution in [0.25, 0.3) is 11.8 Å². The smallest absolute Gasteiger partial charge is 0.349 e. The number of aryl methyl sites for hydroxylation is 1. The van der Waals surface area contributed by atoms with Crippen LogP contribution in [0.4, 0.5) is 8.78 Å². The number of carbonyl (C=O) groups excluding carboxylic acids is 1. The van der Waals surface area contributed by atoms with E-state index in [4.69, 9.17) is 4.74 Å². The van der Waals surface area contributed by atoms with Gasteiger partial charge in [0, 0.05) is 11.3 Å². The molecule has 1 N–H and O–H groups in total. The summed E-state index contributed by atoms with van der Waals surface area (Å²) in [5.41, 5.74) is 0.597. The van der Waals surface area contributed by atoms with Gasteiger partial charge >= 0.3 is 5.97 Å². The van der Waals surface area contributed by atoms with Gasteiger partial charge in [-0.15, -0.1) is 0 Å². The zero-order valence-corrected chi connectivity index (χ0v) is 10.9. The average molecular weight is 289 g/mol. The van der Waals surface area contributed by atoms with E-state index >= 15 is 0 Å². The minimum Gasteiger partial charge on any atom is -0.422 e. The Hall–Kier alpha value is -2.76. The third-order valence-electron chi connectivity index (χ3n) is 3.08. The molecule has 0 amide bonds. The number of hydrogen-bond acceptors (Lipinski definition) is 3. The monoisotopic (exact) mass is 289 g/mol. The zero-order chi connectivity index (χ0) is 15.1. The van der Waals surface area contributed by atoms with Crippen LogP contribution in [0.15, 0.2) is 29.1 Å². The normalized spacial score (nSPS) is 15.2. The molecule has 0 bridgehead atoms. The van der Waals surface area contributed by atoms with E-state index in [2.05, 4.69) is 4.98 Å². The summed E-state index contributed by atoms with van der Waals surface area (Å²) in [6.45, 7) is 1.67. The second-order valence-corrected chi connectivity index (χ2v) is 4.64. The number of hydrogen-bond donors (Lipinski definition) is 1. The van der Waals surface area contributed by atoms with Crippen molar-refractivity contribution in [3.63, 3.8) is 0 Å². The van der Waals surface area contributed by atoms with Crippen LogP contribution in [0.2, 0.25) is 0 Å². The first-order valence-corrected chi connectivity index (χ1v) is 6.09. The number of H-pyrrole nitrogens is 1. The molecule has 2 heterocycles. The fourth-order valence-corrected chi connectivity index (χ4v) is 2.15. The molecule has 2 aromatic rings. The Morgan fingerprint density at radius 2 is 1.90 bits per heavy atom. The van der Waals surface area contributed by atoms with E-state index in [0.29, 0.717) is 16.8 Å². The molecular weight excluding hydrogens is 280 g/mol. The topological polar surface area (TPSA) is 59.2 Å². The van der Waals surface area contributed by atoms with E-state index in [-0.39, 0.29) is 11.3 Å². The zero-order valence-electron chi connectivity index (χ0n) is 10.9. The number of rotatable bonds is 1. The van der Waals surface area contributed by atoms with Crippen molar-refractivity contribution in [3.8, 4) is 0 Å². The Morgan fingerprint density at radius 1 is 1.14 bits per heavy atom. The van der Waals surface area contributed by atoms with Crippen molar-refractivity contribution >= 4 is 17.8 Å². The van der Waals surface area contributed by atoms with Gasteiger partial charge in [0.25, 0.3) is 5.56 Å². The van der Waals surface area contributed by atoms with Crippen molar-refractivity contribution in [2.24, 2.45) is 0 Å². The highest BCUT2D eigenvalue weighted by Gasteiger charge is 2.30. The molecule has 0 unspecified atom stereocenters. The third kappa shape index (κ3) is 2.24. The van der Waals surface area contributed by atoms with Gasteiger partial charge in [-0.25, -0.2) is 13.6 Å². The van der Waals surface area contributed by atoms with Crippen LogP contribution in [0, 0.1) is 18.6 Å². The van der Waals surface area contributed by atoms with Crippen LogP contribution in [-0.2, 0) is 4.74 Å². The summed E-state index contributed by atoms with van der Waals surface area (Å²) in [6.07, 6.45) is 1.38. The number of halogens is 2. The molecule has 1 aromatic heterocycles. The lowest BCUT2D eigenvalue weighted by molar-refractivity contribution is 0.0715. The standard InChI is InChI=1S/C15H9F2NO3/c1-7-4-9-12(21-15(20)13(9)14(19)18-7)6-8-2-3-10(16)11(17)5-8/h2-6H,1H3,(H,18,19)/b12-6-. The predicted molar refractivity (Wildman–Crippen MR) is 71.4 cm³/mol. The summed E-state index contributed by atoms with van der Waals surface area (Å²) in [6, 6.07) is 4.89. The van der Waals surface area contributed by atoms with Gasteiger partial charge in [0.15, 0.2) is 11.6 Å². The number of benzene rings is 1. The van der Waals surface area contributed by atoms with E-state index in [1.165, 1.54) is 12.1 Å². The lowest BCUT2D eigenvalue weighted by Gasteiger charge is -2.01. The number of cyclic esters (lactones) is 1. The van der Waals surface area contributed by atoms with E-state index in [1.54, 1.807) is 13.0 Å². The molecule has 0 aliphatic carbocycles. The minimum atomic E-state index is -1.00. The number of aromatic nitrogens is 1. The van der Waals surface area contributed by atoms with E-state index in [1.807, 2.05) is 0 Å². The lowest BCUT2D eigenvalue weighted by Crippen LogP contribution is -2.16. The molecular formula is C15H9F2NO3. The second-order valence-electron chi connectivity index (χ2n) is 4.64. The summed E-state index contributed by atoms with van der Waals surface area (Å²) in [5.74, 6) is -2.60. The predicted octanol–water partition coefficient (Wildman–Crippen LogP) is 2.63. The Bertz CT molecular complexity index is 852. The fraction of sp³-hybridized carbons (Fsp3) is 0.0667. The van der Waals surface area contributed by atoms with Gasteiger partial charge in [0.1, 0.15) is 11.3 Å². The first-order chi connectivity index (χ1) is 9.95. The van der Waals surface area contributed by atoms with Crippen molar-refractivity contribution in [1.82, 2.24) is 4.98 Å². The second kappa shape index (κ2) is 4.66. The van der Waals surface area contributed by atoms with Gasteiger partial charge in [0.2, 0.25) is 0 Å². The highest BCUT2D eigenvalue weighted by Crippen LogP contribution is 2.29. The van der Waals surface area contributed by atoms with Crippen molar-refractivity contribution < 1.29 is 18.3 Å². The maximum atomic E-state index is 13.2. The molecule has 3 rings (SSSR count). The molecule has 6 heteroatoms. The number of carbonyl (C=O) groups is 1. The number of aromatic amines is 1. The van der Waals surface area contributed by atoms with Crippen molar-refractivity contribution in [2.75, 3.05) is 0 Å². The van der Waals surface area contributed by atoms with Crippen molar-refractivity contribution in [3.05, 3.63) is 68.6 Å². The van der Waals surface area contributed by atoms with Crippen molar-refractivity contribution in [1.29, 1.82) is 0 Å². The minimum absolute atomic E-state index is 0.0885. The quantitative estimate of drug-likeness (QED) is 0.821. The summed E-state index contributed by atoms with van der Waals surface area (Å²) in [4.78, 5) is 26.0.